The zero-order valence-electron chi connectivity index (χ0n) is 16.9. The van der Waals surface area contributed by atoms with Crippen molar-refractivity contribution in [3.05, 3.63) is 60.2 Å². The van der Waals surface area contributed by atoms with Crippen molar-refractivity contribution < 1.29 is 23.9 Å². The molecule has 0 spiro atoms. The van der Waals surface area contributed by atoms with Gasteiger partial charge in [-0.2, -0.15) is 5.10 Å². The zero-order valence-corrected chi connectivity index (χ0v) is 16.9. The van der Waals surface area contributed by atoms with E-state index < -0.39 is 11.8 Å². The van der Waals surface area contributed by atoms with Crippen molar-refractivity contribution in [2.24, 2.45) is 5.10 Å². The summed E-state index contributed by atoms with van der Waals surface area (Å²) in [4.78, 5) is 35.7. The molecule has 1 fully saturated rings. The zero-order chi connectivity index (χ0) is 21.9. The van der Waals surface area contributed by atoms with Crippen molar-refractivity contribution in [3.8, 4) is 5.75 Å². The van der Waals surface area contributed by atoms with Gasteiger partial charge in [-0.3, -0.25) is 14.4 Å². The number of carbonyl (C=O) groups is 3. The Labute approximate surface area is 179 Å². The van der Waals surface area contributed by atoms with Crippen LogP contribution in [0, 0.1) is 0 Å². The Morgan fingerprint density at radius 2 is 1.84 bits per heavy atom. The molecule has 9 nitrogen and oxygen atoms in total. The minimum atomic E-state index is -0.880. The molecule has 0 saturated carbocycles. The number of ether oxygens (including phenoxy) is 2. The first-order valence-corrected chi connectivity index (χ1v) is 9.91. The summed E-state index contributed by atoms with van der Waals surface area (Å²) in [6.07, 6.45) is 3.10. The summed E-state index contributed by atoms with van der Waals surface area (Å²) in [5, 5.41) is 9.05. The molecule has 1 saturated heterocycles. The molecule has 3 N–H and O–H groups in total. The number of anilines is 1. The van der Waals surface area contributed by atoms with Gasteiger partial charge in [0.05, 0.1) is 12.3 Å². The Morgan fingerprint density at radius 1 is 1.06 bits per heavy atom. The van der Waals surface area contributed by atoms with Crippen molar-refractivity contribution >= 4 is 29.6 Å². The Balaban J connectivity index is 1.46. The summed E-state index contributed by atoms with van der Waals surface area (Å²) in [7, 11) is 0. The predicted octanol–water partition coefficient (Wildman–Crippen LogP) is 1.45. The van der Waals surface area contributed by atoms with E-state index in [1.54, 1.807) is 36.4 Å². The first-order valence-electron chi connectivity index (χ1n) is 9.91. The Bertz CT molecular complexity index is 927. The van der Waals surface area contributed by atoms with E-state index in [-0.39, 0.29) is 25.2 Å². The molecule has 0 bridgehead atoms. The number of amides is 3. The minimum absolute atomic E-state index is 0.0524. The number of carbonyl (C=O) groups excluding carboxylic acids is 3. The van der Waals surface area contributed by atoms with Crippen molar-refractivity contribution in [1.82, 2.24) is 10.7 Å². The largest absolute Gasteiger partial charge is 0.483 e. The maximum atomic E-state index is 12.1. The molecule has 3 amide bonds. The lowest BCUT2D eigenvalue weighted by molar-refractivity contribution is -0.139. The highest BCUT2D eigenvalue weighted by atomic mass is 16.5. The van der Waals surface area contributed by atoms with Crippen LogP contribution in [0.25, 0.3) is 0 Å². The normalized spacial score (nSPS) is 15.4. The van der Waals surface area contributed by atoms with Gasteiger partial charge in [-0.05, 0) is 37.1 Å². The average molecular weight is 424 g/mol. The van der Waals surface area contributed by atoms with Crippen molar-refractivity contribution in [2.45, 2.75) is 18.9 Å². The Kier molecular flexibility index (Phi) is 8.13. The Hall–Kier alpha value is -3.72. The molecular weight excluding hydrogens is 400 g/mol. The molecule has 162 valence electrons. The van der Waals surface area contributed by atoms with Crippen LogP contribution in [0.1, 0.15) is 18.4 Å². The molecule has 1 aliphatic heterocycles. The number of hydrazone groups is 1. The van der Waals surface area contributed by atoms with Gasteiger partial charge in [0, 0.05) is 24.4 Å². The lowest BCUT2D eigenvalue weighted by Crippen LogP contribution is -2.41. The highest BCUT2D eigenvalue weighted by Crippen LogP contribution is 2.16. The minimum Gasteiger partial charge on any atom is -0.483 e. The molecule has 2 aromatic rings. The van der Waals surface area contributed by atoms with Gasteiger partial charge in [0.1, 0.15) is 5.75 Å². The molecule has 1 heterocycles. The number of nitrogens with zero attached hydrogens (tertiary/aromatic N) is 1. The molecule has 3 rings (SSSR count). The molecule has 31 heavy (non-hydrogen) atoms. The van der Waals surface area contributed by atoms with Crippen LogP contribution in [-0.2, 0) is 19.1 Å². The highest BCUT2D eigenvalue weighted by molar-refractivity contribution is 6.35. The second kappa shape index (κ2) is 11.5. The van der Waals surface area contributed by atoms with Gasteiger partial charge in [0.15, 0.2) is 6.61 Å². The molecule has 0 unspecified atom stereocenters. The Morgan fingerprint density at radius 3 is 2.61 bits per heavy atom. The predicted molar refractivity (Wildman–Crippen MR) is 115 cm³/mol. The SMILES string of the molecule is O=C(COc1ccccc1/C=N\NC(=O)C(=O)NC[C@H]1CCCO1)Nc1ccccc1. The lowest BCUT2D eigenvalue weighted by Gasteiger charge is -2.10. The van der Waals surface area contributed by atoms with Crippen LogP contribution in [0.2, 0.25) is 0 Å². The number of hydrogen-bond acceptors (Lipinski definition) is 6. The second-order valence-electron chi connectivity index (χ2n) is 6.78. The smallest absolute Gasteiger partial charge is 0.329 e. The number of rotatable bonds is 8. The van der Waals surface area contributed by atoms with Crippen LogP contribution in [0.3, 0.4) is 0 Å². The van der Waals surface area contributed by atoms with E-state index in [2.05, 4.69) is 21.2 Å². The fourth-order valence-electron chi connectivity index (χ4n) is 2.88. The summed E-state index contributed by atoms with van der Waals surface area (Å²) in [5.74, 6) is -1.56. The standard InChI is InChI=1S/C22H24N4O5/c27-20(25-17-8-2-1-3-9-17)15-31-19-11-5-4-7-16(19)13-24-26-22(29)21(28)23-14-18-10-6-12-30-18/h1-5,7-9,11,13,18H,6,10,12,14-15H2,(H,23,28)(H,25,27)(H,26,29)/b24-13-/t18-/m1/s1. The van der Waals surface area contributed by atoms with Gasteiger partial charge in [0.25, 0.3) is 5.91 Å². The molecule has 0 radical (unpaired) electrons. The summed E-state index contributed by atoms with van der Waals surface area (Å²) < 4.78 is 11.0. The quantitative estimate of drug-likeness (QED) is 0.337. The molecule has 2 aromatic carbocycles. The van der Waals surface area contributed by atoms with E-state index in [1.807, 2.05) is 18.2 Å². The number of benzene rings is 2. The molecular formula is C22H24N4O5. The van der Waals surface area contributed by atoms with Gasteiger partial charge in [-0.25, -0.2) is 5.43 Å². The fourth-order valence-corrected chi connectivity index (χ4v) is 2.88. The fraction of sp³-hybridized carbons (Fsp3) is 0.273. The first kappa shape index (κ1) is 22.0. The summed E-state index contributed by atoms with van der Waals surface area (Å²) in [5.41, 5.74) is 3.38. The van der Waals surface area contributed by atoms with Crippen LogP contribution >= 0.6 is 0 Å². The van der Waals surface area contributed by atoms with Gasteiger partial charge in [-0.15, -0.1) is 0 Å². The van der Waals surface area contributed by atoms with E-state index in [0.29, 0.717) is 23.6 Å². The van der Waals surface area contributed by atoms with Gasteiger partial charge in [0.2, 0.25) is 0 Å². The van der Waals surface area contributed by atoms with Crippen LogP contribution < -0.4 is 20.8 Å². The number of hydrogen-bond donors (Lipinski definition) is 3. The van der Waals surface area contributed by atoms with E-state index in [1.165, 1.54) is 6.21 Å². The van der Waals surface area contributed by atoms with Crippen LogP contribution in [-0.4, -0.2) is 49.8 Å². The van der Waals surface area contributed by atoms with Crippen molar-refractivity contribution in [2.75, 3.05) is 25.1 Å². The van der Waals surface area contributed by atoms with E-state index in [0.717, 1.165) is 12.8 Å². The molecule has 9 heteroatoms. The second-order valence-corrected chi connectivity index (χ2v) is 6.78. The maximum absolute atomic E-state index is 12.1. The van der Waals surface area contributed by atoms with E-state index in [4.69, 9.17) is 9.47 Å². The summed E-state index contributed by atoms with van der Waals surface area (Å²) in [6.45, 7) is 0.766. The third kappa shape index (κ3) is 7.23. The summed E-state index contributed by atoms with van der Waals surface area (Å²) >= 11 is 0. The highest BCUT2D eigenvalue weighted by Gasteiger charge is 2.19. The topological polar surface area (TPSA) is 118 Å². The monoisotopic (exact) mass is 424 g/mol. The van der Waals surface area contributed by atoms with Crippen LogP contribution in [0.5, 0.6) is 5.75 Å². The number of nitrogens with one attached hydrogen (secondary N) is 3. The summed E-state index contributed by atoms with van der Waals surface area (Å²) in [6, 6.07) is 15.9. The van der Waals surface area contributed by atoms with Crippen LogP contribution in [0.15, 0.2) is 59.7 Å². The third-order valence-corrected chi connectivity index (χ3v) is 4.43. The van der Waals surface area contributed by atoms with Gasteiger partial charge >= 0.3 is 11.8 Å². The molecule has 0 aliphatic carbocycles. The maximum Gasteiger partial charge on any atom is 0.329 e. The van der Waals surface area contributed by atoms with Crippen molar-refractivity contribution in [1.29, 1.82) is 0 Å². The average Bonchev–Trinajstić information content (AvgIpc) is 3.31. The van der Waals surface area contributed by atoms with Gasteiger partial charge in [-0.1, -0.05) is 30.3 Å². The third-order valence-electron chi connectivity index (χ3n) is 4.43. The van der Waals surface area contributed by atoms with Crippen LogP contribution in [0.4, 0.5) is 5.69 Å². The molecule has 1 aliphatic rings. The lowest BCUT2D eigenvalue weighted by atomic mass is 10.2. The number of para-hydroxylation sites is 2. The van der Waals surface area contributed by atoms with E-state index >= 15 is 0 Å². The first-order chi connectivity index (χ1) is 15.1. The van der Waals surface area contributed by atoms with E-state index in [9.17, 15) is 14.4 Å². The molecule has 0 aromatic heterocycles. The molecule has 1 atom stereocenters. The van der Waals surface area contributed by atoms with Gasteiger partial charge < -0.3 is 20.1 Å². The van der Waals surface area contributed by atoms with Crippen molar-refractivity contribution in [3.63, 3.8) is 0 Å².